The standard InChI is InChI=1S/C20H29N3O4S/c1-12(2)11-17-7-9-18(10-8-17)13(3)21-20(24)15(5)23-28(25,26)19-14(4)22-27-16(19)6/h7-10,12-13,15,23H,11H2,1-6H3,(H,21,24)/t13-,15-/m1/s1. The van der Waals surface area contributed by atoms with Gasteiger partial charge in [-0.15, -0.1) is 0 Å². The summed E-state index contributed by atoms with van der Waals surface area (Å²) in [7, 11) is -3.91. The molecule has 0 fully saturated rings. The highest BCUT2D eigenvalue weighted by Gasteiger charge is 2.28. The minimum atomic E-state index is -3.91. The number of hydrogen-bond donors (Lipinski definition) is 2. The molecule has 7 nitrogen and oxygen atoms in total. The van der Waals surface area contributed by atoms with E-state index in [4.69, 9.17) is 4.52 Å². The van der Waals surface area contributed by atoms with Gasteiger partial charge in [-0.25, -0.2) is 8.42 Å². The van der Waals surface area contributed by atoms with Gasteiger partial charge in [0.2, 0.25) is 15.9 Å². The Morgan fingerprint density at radius 1 is 1.11 bits per heavy atom. The van der Waals surface area contributed by atoms with Crippen molar-refractivity contribution in [3.8, 4) is 0 Å². The van der Waals surface area contributed by atoms with Gasteiger partial charge in [-0.05, 0) is 51.2 Å². The molecule has 0 aliphatic rings. The third-order valence-electron chi connectivity index (χ3n) is 4.44. The van der Waals surface area contributed by atoms with Gasteiger partial charge in [0.15, 0.2) is 5.76 Å². The first-order chi connectivity index (χ1) is 13.0. The number of nitrogens with zero attached hydrogens (tertiary/aromatic N) is 1. The number of carbonyl (C=O) groups excluding carboxylic acids is 1. The quantitative estimate of drug-likeness (QED) is 0.700. The maximum Gasteiger partial charge on any atom is 0.246 e. The van der Waals surface area contributed by atoms with Gasteiger partial charge in [0.05, 0.1) is 12.1 Å². The lowest BCUT2D eigenvalue weighted by atomic mass is 10.00. The predicted octanol–water partition coefficient (Wildman–Crippen LogP) is 3.03. The lowest BCUT2D eigenvalue weighted by Crippen LogP contribution is -2.45. The molecule has 0 bridgehead atoms. The molecule has 2 N–H and O–H groups in total. The molecule has 8 heteroatoms. The van der Waals surface area contributed by atoms with E-state index in [2.05, 4.69) is 41.2 Å². The lowest BCUT2D eigenvalue weighted by molar-refractivity contribution is -0.123. The van der Waals surface area contributed by atoms with E-state index in [0.29, 0.717) is 5.92 Å². The van der Waals surface area contributed by atoms with Crippen LogP contribution in [0, 0.1) is 19.8 Å². The molecular weight excluding hydrogens is 378 g/mol. The Morgan fingerprint density at radius 2 is 1.71 bits per heavy atom. The van der Waals surface area contributed by atoms with Crippen LogP contribution >= 0.6 is 0 Å². The number of nitrogens with one attached hydrogen (secondary N) is 2. The molecule has 28 heavy (non-hydrogen) atoms. The summed E-state index contributed by atoms with van der Waals surface area (Å²) in [6.45, 7) is 10.8. The van der Waals surface area contributed by atoms with E-state index in [1.807, 2.05) is 19.1 Å². The number of sulfonamides is 1. The van der Waals surface area contributed by atoms with Gasteiger partial charge in [-0.1, -0.05) is 43.3 Å². The molecule has 154 valence electrons. The zero-order valence-corrected chi connectivity index (χ0v) is 18.1. The molecule has 1 amide bonds. The van der Waals surface area contributed by atoms with Crippen LogP contribution < -0.4 is 10.0 Å². The molecule has 2 atom stereocenters. The third kappa shape index (κ3) is 5.42. The van der Waals surface area contributed by atoms with Gasteiger partial charge in [-0.2, -0.15) is 4.72 Å². The Hall–Kier alpha value is -2.19. The molecule has 2 aromatic rings. The minimum absolute atomic E-state index is 0.0269. The largest absolute Gasteiger partial charge is 0.360 e. The van der Waals surface area contributed by atoms with Crippen LogP contribution in [0.4, 0.5) is 0 Å². The van der Waals surface area contributed by atoms with Crippen molar-refractivity contribution < 1.29 is 17.7 Å². The molecule has 1 heterocycles. The molecule has 0 unspecified atom stereocenters. The molecule has 2 rings (SSSR count). The summed E-state index contributed by atoms with van der Waals surface area (Å²) in [4.78, 5) is 12.5. The highest BCUT2D eigenvalue weighted by Crippen LogP contribution is 2.19. The summed E-state index contributed by atoms with van der Waals surface area (Å²) in [6, 6.07) is 6.90. The maximum atomic E-state index is 12.5. The van der Waals surface area contributed by atoms with E-state index in [1.54, 1.807) is 6.92 Å². The highest BCUT2D eigenvalue weighted by molar-refractivity contribution is 7.89. The second kappa shape index (κ2) is 8.87. The average Bonchev–Trinajstić information content (AvgIpc) is 2.93. The number of hydrogen-bond acceptors (Lipinski definition) is 5. The van der Waals surface area contributed by atoms with Crippen molar-refractivity contribution in [1.82, 2.24) is 15.2 Å². The second-order valence-corrected chi connectivity index (χ2v) is 9.22. The molecule has 0 spiro atoms. The predicted molar refractivity (Wildman–Crippen MR) is 107 cm³/mol. The van der Waals surface area contributed by atoms with Gasteiger partial charge < -0.3 is 9.84 Å². The second-order valence-electron chi connectivity index (χ2n) is 7.57. The van der Waals surface area contributed by atoms with Gasteiger partial charge in [0.25, 0.3) is 0 Å². The molecule has 0 aliphatic carbocycles. The first-order valence-electron chi connectivity index (χ1n) is 9.35. The summed E-state index contributed by atoms with van der Waals surface area (Å²) in [5.74, 6) is 0.358. The number of carbonyl (C=O) groups is 1. The van der Waals surface area contributed by atoms with Crippen LogP contribution in [0.2, 0.25) is 0 Å². The number of amides is 1. The van der Waals surface area contributed by atoms with Crippen LogP contribution in [-0.2, 0) is 21.2 Å². The van der Waals surface area contributed by atoms with Gasteiger partial charge in [-0.3, -0.25) is 4.79 Å². The van der Waals surface area contributed by atoms with E-state index in [-0.39, 0.29) is 22.4 Å². The molecule has 0 aliphatic heterocycles. The van der Waals surface area contributed by atoms with E-state index in [0.717, 1.165) is 12.0 Å². The molecule has 0 radical (unpaired) electrons. The smallest absolute Gasteiger partial charge is 0.246 e. The van der Waals surface area contributed by atoms with Crippen LogP contribution in [0.5, 0.6) is 0 Å². The van der Waals surface area contributed by atoms with Crippen molar-refractivity contribution in [3.63, 3.8) is 0 Å². The maximum absolute atomic E-state index is 12.5. The number of aromatic nitrogens is 1. The van der Waals surface area contributed by atoms with Gasteiger partial charge in [0, 0.05) is 0 Å². The summed E-state index contributed by atoms with van der Waals surface area (Å²) < 4.78 is 32.4. The number of benzene rings is 1. The molecule has 0 saturated carbocycles. The van der Waals surface area contributed by atoms with Crippen LogP contribution in [-0.4, -0.2) is 25.5 Å². The summed E-state index contributed by atoms with van der Waals surface area (Å²) in [5, 5.41) is 6.50. The Labute approximate surface area is 166 Å². The van der Waals surface area contributed by atoms with Gasteiger partial charge in [0.1, 0.15) is 10.6 Å². The molecule has 1 aromatic carbocycles. The summed E-state index contributed by atoms with van der Waals surface area (Å²) in [5.41, 5.74) is 2.46. The van der Waals surface area contributed by atoms with Crippen LogP contribution in [0.3, 0.4) is 0 Å². The van der Waals surface area contributed by atoms with Crippen LogP contribution in [0.25, 0.3) is 0 Å². The fraction of sp³-hybridized carbons (Fsp3) is 0.500. The fourth-order valence-corrected chi connectivity index (χ4v) is 4.57. The fourth-order valence-electron chi connectivity index (χ4n) is 3.04. The summed E-state index contributed by atoms with van der Waals surface area (Å²) in [6.07, 6.45) is 1.00. The van der Waals surface area contributed by atoms with E-state index in [1.165, 1.54) is 19.4 Å². The van der Waals surface area contributed by atoms with E-state index >= 15 is 0 Å². The minimum Gasteiger partial charge on any atom is -0.360 e. The highest BCUT2D eigenvalue weighted by atomic mass is 32.2. The van der Waals surface area contributed by atoms with Crippen LogP contribution in [0.1, 0.15) is 56.3 Å². The lowest BCUT2D eigenvalue weighted by Gasteiger charge is -2.19. The monoisotopic (exact) mass is 407 g/mol. The SMILES string of the molecule is Cc1noc(C)c1S(=O)(=O)N[C@H](C)C(=O)N[C@H](C)c1ccc(CC(C)C)cc1. The van der Waals surface area contributed by atoms with Gasteiger partial charge >= 0.3 is 0 Å². The third-order valence-corrected chi connectivity index (χ3v) is 6.23. The molecule has 1 aromatic heterocycles. The molecular formula is C20H29N3O4S. The van der Waals surface area contributed by atoms with Crippen molar-refractivity contribution in [2.45, 2.75) is 64.9 Å². The van der Waals surface area contributed by atoms with Crippen molar-refractivity contribution in [2.24, 2.45) is 5.92 Å². The van der Waals surface area contributed by atoms with E-state index in [9.17, 15) is 13.2 Å². The summed E-state index contributed by atoms with van der Waals surface area (Å²) >= 11 is 0. The average molecular weight is 408 g/mol. The van der Waals surface area contributed by atoms with Crippen LogP contribution in [0.15, 0.2) is 33.7 Å². The van der Waals surface area contributed by atoms with Crippen molar-refractivity contribution >= 4 is 15.9 Å². The van der Waals surface area contributed by atoms with E-state index < -0.39 is 22.0 Å². The zero-order chi connectivity index (χ0) is 21.1. The Kier molecular flexibility index (Phi) is 7.01. The molecule has 0 saturated heterocycles. The Balaban J connectivity index is 2.01. The van der Waals surface area contributed by atoms with Crippen molar-refractivity contribution in [3.05, 3.63) is 46.8 Å². The Bertz CT molecular complexity index is 898. The first-order valence-corrected chi connectivity index (χ1v) is 10.8. The Morgan fingerprint density at radius 3 is 2.21 bits per heavy atom. The zero-order valence-electron chi connectivity index (χ0n) is 17.2. The topological polar surface area (TPSA) is 101 Å². The normalized spacial score (nSPS) is 14.1. The van der Waals surface area contributed by atoms with Crippen molar-refractivity contribution in [1.29, 1.82) is 0 Å². The first kappa shape index (κ1) is 22.1. The van der Waals surface area contributed by atoms with Crippen molar-refractivity contribution in [2.75, 3.05) is 0 Å². The number of aryl methyl sites for hydroxylation is 2. The number of rotatable bonds is 8.